The van der Waals surface area contributed by atoms with Gasteiger partial charge in [0, 0.05) is 18.7 Å². The summed E-state index contributed by atoms with van der Waals surface area (Å²) in [6.07, 6.45) is 0. The second-order valence-corrected chi connectivity index (χ2v) is 5.87. The maximum absolute atomic E-state index is 13.0. The summed E-state index contributed by atoms with van der Waals surface area (Å²) in [6.45, 7) is 5.27. The molecule has 0 spiro atoms. The van der Waals surface area contributed by atoms with E-state index in [0.717, 1.165) is 22.7 Å². The summed E-state index contributed by atoms with van der Waals surface area (Å²) in [4.78, 5) is 14.8. The van der Waals surface area contributed by atoms with Crippen LogP contribution in [0.15, 0.2) is 60.7 Å². The number of carbonyl (C=O) groups excluding carboxylic acids is 1. The van der Waals surface area contributed by atoms with E-state index < -0.39 is 0 Å². The quantitative estimate of drug-likeness (QED) is 0.675. The maximum Gasteiger partial charge on any atom is 0.272 e. The van der Waals surface area contributed by atoms with Crippen LogP contribution in [0.25, 0.3) is 16.9 Å². The first-order valence-corrected chi connectivity index (χ1v) is 8.77. The predicted molar refractivity (Wildman–Crippen MR) is 103 cm³/mol. The van der Waals surface area contributed by atoms with Gasteiger partial charge in [0.05, 0.1) is 18.5 Å². The highest BCUT2D eigenvalue weighted by Gasteiger charge is 2.21. The van der Waals surface area contributed by atoms with Crippen molar-refractivity contribution in [1.29, 1.82) is 0 Å². The number of hydrogen-bond donors (Lipinski definition) is 0. The van der Waals surface area contributed by atoms with Crippen LogP contribution in [0.4, 0.5) is 0 Å². The molecule has 0 saturated carbocycles. The molecule has 0 aliphatic heterocycles. The van der Waals surface area contributed by atoms with Gasteiger partial charge in [0.2, 0.25) is 0 Å². The molecule has 0 atom stereocenters. The molecule has 5 nitrogen and oxygen atoms in total. The van der Waals surface area contributed by atoms with Crippen LogP contribution < -0.4 is 4.74 Å². The van der Waals surface area contributed by atoms with Gasteiger partial charge < -0.3 is 9.64 Å². The van der Waals surface area contributed by atoms with Crippen molar-refractivity contribution in [3.8, 4) is 22.7 Å². The SMILES string of the molecule is CCN(CC)C(=O)c1cc(-c2ccccc2)nn1-c1ccc(OC)cc1. The van der Waals surface area contributed by atoms with Crippen LogP contribution in [0.1, 0.15) is 24.3 Å². The Morgan fingerprint density at radius 2 is 1.69 bits per heavy atom. The van der Waals surface area contributed by atoms with Gasteiger partial charge in [-0.25, -0.2) is 4.68 Å². The van der Waals surface area contributed by atoms with Crippen LogP contribution in [0.2, 0.25) is 0 Å². The molecule has 1 amide bonds. The molecule has 0 fully saturated rings. The second-order valence-electron chi connectivity index (χ2n) is 5.87. The average Bonchev–Trinajstić information content (AvgIpc) is 3.15. The summed E-state index contributed by atoms with van der Waals surface area (Å²) >= 11 is 0. The van der Waals surface area contributed by atoms with Crippen LogP contribution in [0.3, 0.4) is 0 Å². The zero-order valence-electron chi connectivity index (χ0n) is 15.3. The zero-order chi connectivity index (χ0) is 18.5. The highest BCUT2D eigenvalue weighted by Crippen LogP contribution is 2.23. The first-order valence-electron chi connectivity index (χ1n) is 8.77. The van der Waals surface area contributed by atoms with Gasteiger partial charge in [-0.05, 0) is 44.2 Å². The first-order chi connectivity index (χ1) is 12.7. The Kier molecular flexibility index (Phi) is 5.37. The summed E-state index contributed by atoms with van der Waals surface area (Å²) in [6, 6.07) is 19.3. The average molecular weight is 349 g/mol. The van der Waals surface area contributed by atoms with Crippen LogP contribution in [0.5, 0.6) is 5.75 Å². The minimum Gasteiger partial charge on any atom is -0.497 e. The molecule has 0 aliphatic rings. The number of nitrogens with zero attached hydrogens (tertiary/aromatic N) is 3. The van der Waals surface area contributed by atoms with E-state index in [2.05, 4.69) is 0 Å². The molecule has 26 heavy (non-hydrogen) atoms. The third-order valence-corrected chi connectivity index (χ3v) is 4.37. The molecule has 0 radical (unpaired) electrons. The third-order valence-electron chi connectivity index (χ3n) is 4.37. The van der Waals surface area contributed by atoms with Crippen molar-refractivity contribution in [3.63, 3.8) is 0 Å². The van der Waals surface area contributed by atoms with E-state index >= 15 is 0 Å². The molecule has 1 heterocycles. The summed E-state index contributed by atoms with van der Waals surface area (Å²) in [5, 5.41) is 4.71. The Morgan fingerprint density at radius 3 is 2.27 bits per heavy atom. The Morgan fingerprint density at radius 1 is 1.04 bits per heavy atom. The summed E-state index contributed by atoms with van der Waals surface area (Å²) in [7, 11) is 1.63. The number of aromatic nitrogens is 2. The third kappa shape index (κ3) is 3.47. The summed E-state index contributed by atoms with van der Waals surface area (Å²) < 4.78 is 6.94. The number of ether oxygens (including phenoxy) is 1. The van der Waals surface area contributed by atoms with Gasteiger partial charge in [-0.1, -0.05) is 30.3 Å². The Bertz CT molecular complexity index is 866. The van der Waals surface area contributed by atoms with E-state index in [1.807, 2.05) is 74.5 Å². The minimum absolute atomic E-state index is 0.0273. The number of hydrogen-bond acceptors (Lipinski definition) is 3. The Hall–Kier alpha value is -3.08. The van der Waals surface area contributed by atoms with Gasteiger partial charge in [0.15, 0.2) is 0 Å². The van der Waals surface area contributed by atoms with Gasteiger partial charge in [-0.3, -0.25) is 4.79 Å². The van der Waals surface area contributed by atoms with Crippen molar-refractivity contribution in [2.24, 2.45) is 0 Å². The first kappa shape index (κ1) is 17.7. The van der Waals surface area contributed by atoms with Crippen molar-refractivity contribution >= 4 is 5.91 Å². The van der Waals surface area contributed by atoms with Gasteiger partial charge in [0.25, 0.3) is 5.91 Å². The van der Waals surface area contributed by atoms with Crippen molar-refractivity contribution < 1.29 is 9.53 Å². The molecule has 134 valence electrons. The van der Waals surface area contributed by atoms with Gasteiger partial charge in [-0.15, -0.1) is 0 Å². The smallest absolute Gasteiger partial charge is 0.272 e. The van der Waals surface area contributed by atoms with Crippen LogP contribution in [0, 0.1) is 0 Å². The molecule has 0 aliphatic carbocycles. The van der Waals surface area contributed by atoms with Crippen LogP contribution in [-0.4, -0.2) is 40.8 Å². The molecule has 0 unspecified atom stereocenters. The Balaban J connectivity index is 2.10. The number of benzene rings is 2. The van der Waals surface area contributed by atoms with Crippen molar-refractivity contribution in [2.75, 3.05) is 20.2 Å². The van der Waals surface area contributed by atoms with Crippen molar-refractivity contribution in [1.82, 2.24) is 14.7 Å². The van der Waals surface area contributed by atoms with Gasteiger partial charge >= 0.3 is 0 Å². The summed E-state index contributed by atoms with van der Waals surface area (Å²) in [5.74, 6) is 0.737. The van der Waals surface area contributed by atoms with Gasteiger partial charge in [0.1, 0.15) is 11.4 Å². The zero-order valence-corrected chi connectivity index (χ0v) is 15.3. The van der Waals surface area contributed by atoms with E-state index in [0.29, 0.717) is 18.8 Å². The van der Waals surface area contributed by atoms with Crippen molar-refractivity contribution in [2.45, 2.75) is 13.8 Å². The van der Waals surface area contributed by atoms with Crippen LogP contribution in [-0.2, 0) is 0 Å². The highest BCUT2D eigenvalue weighted by molar-refractivity contribution is 5.94. The molecule has 2 aromatic carbocycles. The lowest BCUT2D eigenvalue weighted by Gasteiger charge is -2.19. The molecule has 0 N–H and O–H groups in total. The molecule has 1 aromatic heterocycles. The number of carbonyl (C=O) groups is 1. The van der Waals surface area contributed by atoms with Crippen molar-refractivity contribution in [3.05, 3.63) is 66.4 Å². The normalized spacial score (nSPS) is 10.6. The van der Waals surface area contributed by atoms with Crippen LogP contribution >= 0.6 is 0 Å². The maximum atomic E-state index is 13.0. The molecule has 0 bridgehead atoms. The molecule has 3 aromatic rings. The number of amides is 1. The fraction of sp³-hybridized carbons (Fsp3) is 0.238. The Labute approximate surface area is 153 Å². The minimum atomic E-state index is -0.0273. The fourth-order valence-corrected chi connectivity index (χ4v) is 2.88. The lowest BCUT2D eigenvalue weighted by atomic mass is 10.1. The lowest BCUT2D eigenvalue weighted by molar-refractivity contribution is 0.0764. The second kappa shape index (κ2) is 7.87. The lowest BCUT2D eigenvalue weighted by Crippen LogP contribution is -2.32. The van der Waals surface area contributed by atoms with Gasteiger partial charge in [-0.2, -0.15) is 5.10 Å². The van der Waals surface area contributed by atoms with E-state index in [1.165, 1.54) is 0 Å². The van der Waals surface area contributed by atoms with E-state index in [4.69, 9.17) is 9.84 Å². The number of methoxy groups -OCH3 is 1. The standard InChI is InChI=1S/C21H23N3O2/c1-4-23(5-2)21(25)20-15-19(16-9-7-6-8-10-16)22-24(20)17-11-13-18(26-3)14-12-17/h6-15H,4-5H2,1-3H3. The predicted octanol–water partition coefficient (Wildman–Crippen LogP) is 4.03. The molecule has 0 saturated heterocycles. The monoisotopic (exact) mass is 349 g/mol. The molecule has 3 rings (SSSR count). The molecular formula is C21H23N3O2. The topological polar surface area (TPSA) is 47.4 Å². The largest absolute Gasteiger partial charge is 0.497 e. The number of rotatable bonds is 6. The van der Waals surface area contributed by atoms with E-state index in [9.17, 15) is 4.79 Å². The fourth-order valence-electron chi connectivity index (χ4n) is 2.88. The highest BCUT2D eigenvalue weighted by atomic mass is 16.5. The van der Waals surface area contributed by atoms with E-state index in [-0.39, 0.29) is 5.91 Å². The van der Waals surface area contributed by atoms with E-state index in [1.54, 1.807) is 16.7 Å². The molecule has 5 heteroatoms. The summed E-state index contributed by atoms with van der Waals surface area (Å²) in [5.41, 5.74) is 3.13. The molecular weight excluding hydrogens is 326 g/mol.